The Hall–Kier alpha value is -2.83. The number of methoxy groups -OCH3 is 1. The van der Waals surface area contributed by atoms with Gasteiger partial charge in [0, 0.05) is 25.7 Å². The summed E-state index contributed by atoms with van der Waals surface area (Å²) in [5.74, 6) is 2.59. The largest absolute Gasteiger partial charge is 0.497 e. The van der Waals surface area contributed by atoms with Crippen molar-refractivity contribution < 1.29 is 14.6 Å². The smallest absolute Gasteiger partial charge is 0.227 e. The van der Waals surface area contributed by atoms with Gasteiger partial charge in [-0.1, -0.05) is 57.9 Å². The Bertz CT molecular complexity index is 1020. The van der Waals surface area contributed by atoms with Crippen LogP contribution in [0.4, 0.5) is 0 Å². The van der Waals surface area contributed by atoms with Crippen LogP contribution in [0.5, 0.6) is 17.4 Å². The van der Waals surface area contributed by atoms with Crippen LogP contribution in [-0.4, -0.2) is 46.1 Å². The number of aryl methyl sites for hydroxylation is 1. The molecule has 0 aliphatic heterocycles. The summed E-state index contributed by atoms with van der Waals surface area (Å²) >= 11 is 0. The van der Waals surface area contributed by atoms with E-state index in [1.807, 2.05) is 66.2 Å². The first-order valence-corrected chi connectivity index (χ1v) is 12.3. The van der Waals surface area contributed by atoms with Crippen molar-refractivity contribution >= 4 is 0 Å². The zero-order valence-electron chi connectivity index (χ0n) is 21.2. The number of nitrogens with zero attached hydrogens (tertiary/aromatic N) is 3. The molecule has 34 heavy (non-hydrogen) atoms. The highest BCUT2D eigenvalue weighted by Crippen LogP contribution is 2.33. The van der Waals surface area contributed by atoms with Crippen molar-refractivity contribution in [2.75, 3.05) is 20.2 Å². The number of aliphatic hydroxyl groups is 1. The standard InChI is InChI=1S/C28H39N3O3/c1-6-7-14-24(32)19-30(18-21(2)3)20-27-22(4)29-31(23-12-9-8-10-13-23)28(27)34-26-16-11-15-25(17-26)33-5/h8-13,15-17,21,24,32H,6-7,14,18-20H2,1-5H3. The van der Waals surface area contributed by atoms with Crippen LogP contribution in [0.15, 0.2) is 54.6 Å². The molecule has 1 unspecified atom stereocenters. The van der Waals surface area contributed by atoms with Crippen molar-refractivity contribution in [2.45, 2.75) is 59.6 Å². The molecule has 2 aromatic carbocycles. The molecule has 6 nitrogen and oxygen atoms in total. The van der Waals surface area contributed by atoms with E-state index in [2.05, 4.69) is 25.7 Å². The molecule has 1 heterocycles. The fourth-order valence-corrected chi connectivity index (χ4v) is 4.12. The van der Waals surface area contributed by atoms with Gasteiger partial charge in [-0.25, -0.2) is 4.68 Å². The summed E-state index contributed by atoms with van der Waals surface area (Å²) < 4.78 is 13.7. The molecule has 1 N–H and O–H groups in total. The summed E-state index contributed by atoms with van der Waals surface area (Å²) in [5.41, 5.74) is 2.88. The van der Waals surface area contributed by atoms with E-state index in [-0.39, 0.29) is 6.10 Å². The Kier molecular flexibility index (Phi) is 9.54. The lowest BCUT2D eigenvalue weighted by Crippen LogP contribution is -2.35. The van der Waals surface area contributed by atoms with Gasteiger partial charge in [0.25, 0.3) is 0 Å². The number of ether oxygens (including phenoxy) is 2. The zero-order chi connectivity index (χ0) is 24.5. The number of aliphatic hydroxyl groups excluding tert-OH is 1. The molecular weight excluding hydrogens is 426 g/mol. The Labute approximate surface area is 204 Å². The van der Waals surface area contributed by atoms with Gasteiger partial charge in [0.05, 0.1) is 30.2 Å². The molecule has 3 rings (SSSR count). The van der Waals surface area contributed by atoms with Gasteiger partial charge in [0.15, 0.2) is 0 Å². The Morgan fingerprint density at radius 1 is 1.03 bits per heavy atom. The first kappa shape index (κ1) is 25.8. The van der Waals surface area contributed by atoms with Crippen LogP contribution in [-0.2, 0) is 6.54 Å². The molecule has 0 bridgehead atoms. The van der Waals surface area contributed by atoms with Crippen molar-refractivity contribution in [1.29, 1.82) is 0 Å². The normalized spacial score (nSPS) is 12.4. The van der Waals surface area contributed by atoms with E-state index >= 15 is 0 Å². The highest BCUT2D eigenvalue weighted by Gasteiger charge is 2.23. The first-order chi connectivity index (χ1) is 16.4. The van der Waals surface area contributed by atoms with E-state index < -0.39 is 0 Å². The molecule has 0 radical (unpaired) electrons. The predicted molar refractivity (Wildman–Crippen MR) is 137 cm³/mol. The third-order valence-corrected chi connectivity index (χ3v) is 5.76. The number of hydrogen-bond acceptors (Lipinski definition) is 5. The zero-order valence-corrected chi connectivity index (χ0v) is 21.2. The van der Waals surface area contributed by atoms with Gasteiger partial charge in [-0.15, -0.1) is 0 Å². The second-order valence-electron chi connectivity index (χ2n) is 9.28. The molecular formula is C28H39N3O3. The van der Waals surface area contributed by atoms with Gasteiger partial charge >= 0.3 is 0 Å². The maximum absolute atomic E-state index is 10.6. The van der Waals surface area contributed by atoms with Gasteiger partial charge in [-0.05, 0) is 43.5 Å². The van der Waals surface area contributed by atoms with E-state index in [9.17, 15) is 5.11 Å². The Morgan fingerprint density at radius 2 is 1.76 bits per heavy atom. The predicted octanol–water partition coefficient (Wildman–Crippen LogP) is 5.99. The van der Waals surface area contributed by atoms with Crippen LogP contribution in [0.1, 0.15) is 51.3 Å². The van der Waals surface area contributed by atoms with Gasteiger partial charge in [0.1, 0.15) is 11.5 Å². The molecule has 0 amide bonds. The summed E-state index contributed by atoms with van der Waals surface area (Å²) in [6.45, 7) is 10.8. The highest BCUT2D eigenvalue weighted by molar-refractivity contribution is 5.44. The molecule has 0 aliphatic carbocycles. The number of unbranched alkanes of at least 4 members (excludes halogenated alkanes) is 1. The van der Waals surface area contributed by atoms with Crippen LogP contribution in [0.3, 0.4) is 0 Å². The van der Waals surface area contributed by atoms with Crippen molar-refractivity contribution in [3.63, 3.8) is 0 Å². The number of hydrogen-bond donors (Lipinski definition) is 1. The van der Waals surface area contributed by atoms with Crippen molar-refractivity contribution in [1.82, 2.24) is 14.7 Å². The van der Waals surface area contributed by atoms with Gasteiger partial charge in [0.2, 0.25) is 5.88 Å². The highest BCUT2D eigenvalue weighted by atomic mass is 16.5. The van der Waals surface area contributed by atoms with E-state index in [4.69, 9.17) is 14.6 Å². The lowest BCUT2D eigenvalue weighted by molar-refractivity contribution is 0.0927. The topological polar surface area (TPSA) is 59.8 Å². The minimum atomic E-state index is -0.342. The van der Waals surface area contributed by atoms with Crippen molar-refractivity contribution in [3.8, 4) is 23.1 Å². The lowest BCUT2D eigenvalue weighted by Gasteiger charge is -2.27. The third-order valence-electron chi connectivity index (χ3n) is 5.76. The fraction of sp³-hybridized carbons (Fsp3) is 0.464. The molecule has 0 aliphatic rings. The monoisotopic (exact) mass is 465 g/mol. The minimum absolute atomic E-state index is 0.342. The molecule has 1 aromatic heterocycles. The number of aromatic nitrogens is 2. The van der Waals surface area contributed by atoms with Crippen LogP contribution >= 0.6 is 0 Å². The molecule has 6 heteroatoms. The maximum Gasteiger partial charge on any atom is 0.227 e. The SMILES string of the molecule is CCCCC(O)CN(Cc1c(C)nn(-c2ccccc2)c1Oc1cccc(OC)c1)CC(C)C. The van der Waals surface area contributed by atoms with Crippen LogP contribution in [0.25, 0.3) is 5.69 Å². The molecule has 0 spiro atoms. The quantitative estimate of drug-likeness (QED) is 0.336. The van der Waals surface area contributed by atoms with Gasteiger partial charge in [-0.3, -0.25) is 4.90 Å². The van der Waals surface area contributed by atoms with E-state index in [1.54, 1.807) is 7.11 Å². The number of para-hydroxylation sites is 1. The van der Waals surface area contributed by atoms with Crippen molar-refractivity contribution in [3.05, 3.63) is 65.9 Å². The second kappa shape index (κ2) is 12.6. The molecule has 184 valence electrons. The molecule has 3 aromatic rings. The van der Waals surface area contributed by atoms with E-state index in [1.165, 1.54) is 0 Å². The Morgan fingerprint density at radius 3 is 2.44 bits per heavy atom. The van der Waals surface area contributed by atoms with Crippen molar-refractivity contribution in [2.24, 2.45) is 5.92 Å². The third kappa shape index (κ3) is 7.08. The summed E-state index contributed by atoms with van der Waals surface area (Å²) in [4.78, 5) is 2.32. The molecule has 1 atom stereocenters. The van der Waals surface area contributed by atoms with Gasteiger partial charge < -0.3 is 14.6 Å². The number of rotatable bonds is 13. The molecule has 0 saturated heterocycles. The van der Waals surface area contributed by atoms with E-state index in [0.29, 0.717) is 30.6 Å². The number of benzene rings is 2. The average Bonchev–Trinajstić information content (AvgIpc) is 3.12. The Balaban J connectivity index is 1.97. The van der Waals surface area contributed by atoms with E-state index in [0.717, 1.165) is 48.5 Å². The second-order valence-corrected chi connectivity index (χ2v) is 9.28. The summed E-state index contributed by atoms with van der Waals surface area (Å²) in [6, 6.07) is 17.6. The maximum atomic E-state index is 10.6. The summed E-state index contributed by atoms with van der Waals surface area (Å²) in [5, 5.41) is 15.5. The molecule has 0 saturated carbocycles. The lowest BCUT2D eigenvalue weighted by atomic mass is 10.1. The average molecular weight is 466 g/mol. The summed E-state index contributed by atoms with van der Waals surface area (Å²) in [6.07, 6.45) is 2.60. The fourth-order valence-electron chi connectivity index (χ4n) is 4.12. The van der Waals surface area contributed by atoms with Crippen LogP contribution < -0.4 is 9.47 Å². The molecule has 0 fully saturated rings. The van der Waals surface area contributed by atoms with Crippen LogP contribution in [0, 0.1) is 12.8 Å². The summed E-state index contributed by atoms with van der Waals surface area (Å²) in [7, 11) is 1.65. The van der Waals surface area contributed by atoms with Crippen LogP contribution in [0.2, 0.25) is 0 Å². The first-order valence-electron chi connectivity index (χ1n) is 12.3. The van der Waals surface area contributed by atoms with Gasteiger partial charge in [-0.2, -0.15) is 5.10 Å². The minimum Gasteiger partial charge on any atom is -0.497 e.